The highest BCUT2D eigenvalue weighted by molar-refractivity contribution is 5.70. The van der Waals surface area contributed by atoms with Gasteiger partial charge in [0.1, 0.15) is 6.61 Å². The van der Waals surface area contributed by atoms with Crippen LogP contribution in [0.25, 0.3) is 0 Å². The van der Waals surface area contributed by atoms with Gasteiger partial charge in [-0.25, -0.2) is 0 Å². The van der Waals surface area contributed by atoms with Crippen molar-refractivity contribution in [2.45, 2.75) is 251 Å². The van der Waals surface area contributed by atoms with Gasteiger partial charge in [0.15, 0.2) is 6.10 Å². The van der Waals surface area contributed by atoms with Gasteiger partial charge in [-0.05, 0) is 33.1 Å². The van der Waals surface area contributed by atoms with Crippen molar-refractivity contribution < 1.29 is 33.6 Å². The second-order valence-electron chi connectivity index (χ2n) is 16.4. The Labute approximate surface area is 329 Å². The van der Waals surface area contributed by atoms with Crippen molar-refractivity contribution >= 4 is 11.9 Å². The summed E-state index contributed by atoms with van der Waals surface area (Å²) in [6, 6.07) is 0. The van der Waals surface area contributed by atoms with Crippen LogP contribution in [0.2, 0.25) is 0 Å². The average Bonchev–Trinajstić information content (AvgIpc) is 3.13. The third-order valence-electron chi connectivity index (χ3n) is 10.4. The van der Waals surface area contributed by atoms with Crippen molar-refractivity contribution in [2.75, 3.05) is 33.0 Å². The molecule has 0 aromatic rings. The van der Waals surface area contributed by atoms with E-state index in [9.17, 15) is 14.7 Å². The number of rotatable bonds is 43. The zero-order valence-corrected chi connectivity index (χ0v) is 35.8. The van der Waals surface area contributed by atoms with Crippen molar-refractivity contribution in [1.29, 1.82) is 0 Å². The molecule has 1 unspecified atom stereocenters. The minimum Gasteiger partial charge on any atom is -0.462 e. The Hall–Kier alpha value is -1.18. The molecular weight excluding hydrogens is 664 g/mol. The molecule has 1 atom stereocenters. The minimum atomic E-state index is -0.630. The van der Waals surface area contributed by atoms with Crippen LogP contribution in [-0.4, -0.2) is 61.8 Å². The molecular formula is C46H90O7. The summed E-state index contributed by atoms with van der Waals surface area (Å²) in [4.78, 5) is 25.2. The Morgan fingerprint density at radius 2 is 0.849 bits per heavy atom. The van der Waals surface area contributed by atoms with Crippen LogP contribution < -0.4 is 0 Å². The van der Waals surface area contributed by atoms with Gasteiger partial charge in [0.2, 0.25) is 0 Å². The molecule has 0 aliphatic heterocycles. The van der Waals surface area contributed by atoms with Crippen LogP contribution in [0.4, 0.5) is 0 Å². The highest BCUT2D eigenvalue weighted by Gasteiger charge is 2.19. The largest absolute Gasteiger partial charge is 0.462 e. The lowest BCUT2D eigenvalue weighted by atomic mass is 10.0. The summed E-state index contributed by atoms with van der Waals surface area (Å²) in [5, 5.41) is 9.21. The first-order valence-electron chi connectivity index (χ1n) is 23.0. The van der Waals surface area contributed by atoms with Crippen LogP contribution in [0.3, 0.4) is 0 Å². The van der Waals surface area contributed by atoms with Crippen LogP contribution >= 0.6 is 0 Å². The standard InChI is InChI=1S/C46H90O7/c1-5-7-9-11-13-15-17-19-21-23-25-27-29-31-33-35-44(48)51-42-43(41-50-39-40-52-46(3,4)37-38-47)53-45(49)36-34-32-30-28-26-24-22-20-18-16-14-12-10-8-6-2/h43,47H,5-42H2,1-4H3. The highest BCUT2D eigenvalue weighted by Crippen LogP contribution is 2.17. The van der Waals surface area contributed by atoms with Crippen LogP contribution in [0.15, 0.2) is 0 Å². The first-order valence-corrected chi connectivity index (χ1v) is 23.0. The van der Waals surface area contributed by atoms with Gasteiger partial charge >= 0.3 is 11.9 Å². The maximum Gasteiger partial charge on any atom is 0.306 e. The molecule has 0 bridgehead atoms. The SMILES string of the molecule is CCCCCCCCCCCCCCCCCC(=O)OCC(COCCOC(C)(C)CCO)OC(=O)CCCCCCCCCCCCCCCCC. The molecule has 316 valence electrons. The van der Waals surface area contributed by atoms with Gasteiger partial charge in [-0.2, -0.15) is 0 Å². The van der Waals surface area contributed by atoms with Gasteiger partial charge in [0.05, 0.1) is 25.4 Å². The second kappa shape index (κ2) is 40.5. The Balaban J connectivity index is 4.15. The Bertz CT molecular complexity index is 771. The lowest BCUT2D eigenvalue weighted by Gasteiger charge is -2.24. The molecule has 0 amide bonds. The maximum atomic E-state index is 12.7. The maximum absolute atomic E-state index is 12.7. The van der Waals surface area contributed by atoms with Gasteiger partial charge in [-0.15, -0.1) is 0 Å². The molecule has 7 heteroatoms. The highest BCUT2D eigenvalue weighted by atomic mass is 16.6. The van der Waals surface area contributed by atoms with E-state index < -0.39 is 11.7 Å². The van der Waals surface area contributed by atoms with Crippen LogP contribution in [0.1, 0.15) is 240 Å². The summed E-state index contributed by atoms with van der Waals surface area (Å²) >= 11 is 0. The third kappa shape index (κ3) is 40.3. The minimum absolute atomic E-state index is 0.0129. The van der Waals surface area contributed by atoms with Crippen molar-refractivity contribution in [2.24, 2.45) is 0 Å². The summed E-state index contributed by atoms with van der Waals surface area (Å²) in [6.07, 6.45) is 39.3. The van der Waals surface area contributed by atoms with E-state index in [1.54, 1.807) is 0 Å². The average molecular weight is 755 g/mol. The van der Waals surface area contributed by atoms with E-state index >= 15 is 0 Å². The predicted molar refractivity (Wildman–Crippen MR) is 222 cm³/mol. The van der Waals surface area contributed by atoms with Crippen molar-refractivity contribution in [3.05, 3.63) is 0 Å². The summed E-state index contributed by atoms with van der Waals surface area (Å²) in [5.41, 5.74) is -0.431. The van der Waals surface area contributed by atoms with Gasteiger partial charge in [-0.1, -0.05) is 194 Å². The molecule has 0 aliphatic carbocycles. The monoisotopic (exact) mass is 755 g/mol. The van der Waals surface area contributed by atoms with E-state index in [0.29, 0.717) is 32.5 Å². The number of hydrogen-bond acceptors (Lipinski definition) is 7. The fraction of sp³-hybridized carbons (Fsp3) is 0.957. The summed E-state index contributed by atoms with van der Waals surface area (Å²) in [6.45, 7) is 9.34. The Kier molecular flexibility index (Phi) is 39.6. The van der Waals surface area contributed by atoms with Crippen LogP contribution in [-0.2, 0) is 28.5 Å². The molecule has 0 saturated heterocycles. The number of hydrogen-bond donors (Lipinski definition) is 1. The van der Waals surface area contributed by atoms with Crippen LogP contribution in [0, 0.1) is 0 Å². The molecule has 0 aromatic carbocycles. The number of aliphatic hydroxyl groups excluding tert-OH is 1. The molecule has 0 radical (unpaired) electrons. The lowest BCUT2D eigenvalue weighted by Crippen LogP contribution is -2.31. The van der Waals surface area contributed by atoms with Gasteiger partial charge in [-0.3, -0.25) is 9.59 Å². The van der Waals surface area contributed by atoms with Gasteiger partial charge < -0.3 is 24.1 Å². The zero-order valence-electron chi connectivity index (χ0n) is 35.8. The third-order valence-corrected chi connectivity index (χ3v) is 10.4. The van der Waals surface area contributed by atoms with Crippen molar-refractivity contribution in [3.63, 3.8) is 0 Å². The lowest BCUT2D eigenvalue weighted by molar-refractivity contribution is -0.163. The number of ether oxygens (including phenoxy) is 4. The molecule has 0 fully saturated rings. The molecule has 53 heavy (non-hydrogen) atoms. The van der Waals surface area contributed by atoms with E-state index in [2.05, 4.69) is 13.8 Å². The number of aliphatic hydroxyl groups is 1. The Morgan fingerprint density at radius 1 is 0.491 bits per heavy atom. The normalized spacial score (nSPS) is 12.3. The number of carbonyl (C=O) groups is 2. The first kappa shape index (κ1) is 51.8. The van der Waals surface area contributed by atoms with E-state index in [1.807, 2.05) is 13.8 Å². The molecule has 1 N–H and O–H groups in total. The van der Waals surface area contributed by atoms with E-state index in [1.165, 1.54) is 154 Å². The fourth-order valence-corrected chi connectivity index (χ4v) is 6.83. The van der Waals surface area contributed by atoms with E-state index in [4.69, 9.17) is 18.9 Å². The van der Waals surface area contributed by atoms with Crippen molar-refractivity contribution in [1.82, 2.24) is 0 Å². The summed E-state index contributed by atoms with van der Waals surface area (Å²) in [7, 11) is 0. The van der Waals surface area contributed by atoms with Gasteiger partial charge in [0.25, 0.3) is 0 Å². The molecule has 0 saturated carbocycles. The molecule has 0 spiro atoms. The number of unbranched alkanes of at least 4 members (excludes halogenated alkanes) is 28. The molecule has 7 nitrogen and oxygen atoms in total. The smallest absolute Gasteiger partial charge is 0.306 e. The summed E-state index contributed by atoms with van der Waals surface area (Å²) in [5.74, 6) is -0.496. The van der Waals surface area contributed by atoms with E-state index in [-0.39, 0.29) is 31.8 Å². The predicted octanol–water partition coefficient (Wildman–Crippen LogP) is 13.2. The second-order valence-corrected chi connectivity index (χ2v) is 16.4. The summed E-state index contributed by atoms with van der Waals surface area (Å²) < 4.78 is 22.8. The van der Waals surface area contributed by atoms with Crippen molar-refractivity contribution in [3.8, 4) is 0 Å². The van der Waals surface area contributed by atoms with E-state index in [0.717, 1.165) is 38.5 Å². The first-order chi connectivity index (χ1) is 25.8. The molecule has 0 rings (SSSR count). The molecule has 0 heterocycles. The molecule has 0 aliphatic rings. The zero-order chi connectivity index (χ0) is 38.9. The number of esters is 2. The fourth-order valence-electron chi connectivity index (χ4n) is 6.83. The van der Waals surface area contributed by atoms with Gasteiger partial charge in [0, 0.05) is 19.4 Å². The van der Waals surface area contributed by atoms with Crippen LogP contribution in [0.5, 0.6) is 0 Å². The quantitative estimate of drug-likeness (QED) is 0.0489. The number of carbonyl (C=O) groups excluding carboxylic acids is 2. The Morgan fingerprint density at radius 3 is 1.23 bits per heavy atom. The topological polar surface area (TPSA) is 91.3 Å². The molecule has 0 aromatic heterocycles.